The zero-order valence-corrected chi connectivity index (χ0v) is 9.06. The standard InChI is InChI=1S/C10H15NO4/c1-4-14-10(13)9(6(2)3)7-5-8(12)11-15-7/h5-6,9H,4H2,1-3H3,(H,11,12). The number of rotatable bonds is 4. The third-order valence-corrected chi connectivity index (χ3v) is 2.03. The lowest BCUT2D eigenvalue weighted by atomic mass is 9.93. The van der Waals surface area contributed by atoms with E-state index in [1.54, 1.807) is 6.92 Å². The van der Waals surface area contributed by atoms with Crippen molar-refractivity contribution in [2.45, 2.75) is 26.7 Å². The molecule has 1 heterocycles. The molecule has 0 saturated heterocycles. The molecule has 1 aromatic heterocycles. The Balaban J connectivity index is 2.88. The number of ether oxygens (including phenoxy) is 1. The fourth-order valence-corrected chi connectivity index (χ4v) is 1.37. The van der Waals surface area contributed by atoms with Gasteiger partial charge in [-0.1, -0.05) is 13.8 Å². The van der Waals surface area contributed by atoms with Crippen LogP contribution in [0.3, 0.4) is 0 Å². The second-order valence-electron chi connectivity index (χ2n) is 3.56. The molecule has 5 nitrogen and oxygen atoms in total. The number of carbonyl (C=O) groups excluding carboxylic acids is 1. The van der Waals surface area contributed by atoms with Gasteiger partial charge in [-0.15, -0.1) is 0 Å². The van der Waals surface area contributed by atoms with Crippen LogP contribution in [-0.2, 0) is 9.53 Å². The highest BCUT2D eigenvalue weighted by atomic mass is 16.5. The van der Waals surface area contributed by atoms with Crippen LogP contribution in [0.1, 0.15) is 32.4 Å². The molecule has 0 aromatic carbocycles. The minimum absolute atomic E-state index is 0.0244. The van der Waals surface area contributed by atoms with E-state index in [4.69, 9.17) is 14.4 Å². The van der Waals surface area contributed by atoms with Crippen LogP contribution in [0.4, 0.5) is 0 Å². The molecule has 0 aliphatic heterocycles. The average molecular weight is 213 g/mol. The molecule has 0 spiro atoms. The number of hydrogen-bond acceptors (Lipinski definition) is 5. The van der Waals surface area contributed by atoms with Gasteiger partial charge in [0, 0.05) is 6.07 Å². The zero-order chi connectivity index (χ0) is 11.4. The summed E-state index contributed by atoms with van der Waals surface area (Å²) in [6.07, 6.45) is 0. The van der Waals surface area contributed by atoms with Crippen molar-refractivity contribution in [3.05, 3.63) is 11.8 Å². The monoisotopic (exact) mass is 213 g/mol. The van der Waals surface area contributed by atoms with Gasteiger partial charge in [0.25, 0.3) is 5.88 Å². The summed E-state index contributed by atoms with van der Waals surface area (Å²) in [6.45, 7) is 5.82. The summed E-state index contributed by atoms with van der Waals surface area (Å²) in [6, 6.07) is 1.33. The van der Waals surface area contributed by atoms with E-state index in [1.807, 2.05) is 13.8 Å². The lowest BCUT2D eigenvalue weighted by Crippen LogP contribution is -2.20. The second kappa shape index (κ2) is 4.82. The maximum absolute atomic E-state index is 11.6. The molecule has 0 saturated carbocycles. The van der Waals surface area contributed by atoms with E-state index < -0.39 is 5.92 Å². The van der Waals surface area contributed by atoms with Crippen molar-refractivity contribution in [1.82, 2.24) is 5.16 Å². The van der Waals surface area contributed by atoms with Crippen LogP contribution in [0.5, 0.6) is 5.88 Å². The van der Waals surface area contributed by atoms with Gasteiger partial charge < -0.3 is 14.4 Å². The van der Waals surface area contributed by atoms with Crippen molar-refractivity contribution in [3.63, 3.8) is 0 Å². The van der Waals surface area contributed by atoms with Gasteiger partial charge in [-0.2, -0.15) is 0 Å². The fourth-order valence-electron chi connectivity index (χ4n) is 1.37. The number of carbonyl (C=O) groups is 1. The molecule has 0 bridgehead atoms. The van der Waals surface area contributed by atoms with Gasteiger partial charge in [-0.05, 0) is 18.0 Å². The normalized spacial score (nSPS) is 12.8. The minimum atomic E-state index is -0.515. The first-order chi connectivity index (χ1) is 7.06. The SMILES string of the molecule is CCOC(=O)C(c1cc(O)no1)C(C)C. The number of aromatic hydroxyl groups is 1. The van der Waals surface area contributed by atoms with Gasteiger partial charge in [-0.25, -0.2) is 0 Å². The highest BCUT2D eigenvalue weighted by Crippen LogP contribution is 2.27. The lowest BCUT2D eigenvalue weighted by molar-refractivity contribution is -0.146. The highest BCUT2D eigenvalue weighted by molar-refractivity contribution is 5.77. The van der Waals surface area contributed by atoms with Crippen LogP contribution in [0.25, 0.3) is 0 Å². The topological polar surface area (TPSA) is 72.6 Å². The number of esters is 1. The molecule has 0 radical (unpaired) electrons. The highest BCUT2D eigenvalue weighted by Gasteiger charge is 2.29. The summed E-state index contributed by atoms with van der Waals surface area (Å²) in [5, 5.41) is 12.4. The molecule has 0 aliphatic rings. The smallest absolute Gasteiger partial charge is 0.317 e. The predicted molar refractivity (Wildman–Crippen MR) is 52.4 cm³/mol. The first-order valence-electron chi connectivity index (χ1n) is 4.88. The van der Waals surface area contributed by atoms with Crippen molar-refractivity contribution in [2.75, 3.05) is 6.61 Å². The molecule has 1 atom stereocenters. The second-order valence-corrected chi connectivity index (χ2v) is 3.56. The van der Waals surface area contributed by atoms with Crippen molar-refractivity contribution < 1.29 is 19.2 Å². The Morgan fingerprint density at radius 3 is 2.73 bits per heavy atom. The lowest BCUT2D eigenvalue weighted by Gasteiger charge is -2.15. The Bertz CT molecular complexity index is 332. The van der Waals surface area contributed by atoms with Gasteiger partial charge in [-0.3, -0.25) is 4.79 Å². The summed E-state index contributed by atoms with van der Waals surface area (Å²) in [5.41, 5.74) is 0. The van der Waals surface area contributed by atoms with Crippen LogP contribution < -0.4 is 0 Å². The fraction of sp³-hybridized carbons (Fsp3) is 0.600. The molecule has 5 heteroatoms. The molecule has 0 aliphatic carbocycles. The molecular weight excluding hydrogens is 198 g/mol. The Morgan fingerprint density at radius 2 is 2.33 bits per heavy atom. The molecule has 84 valence electrons. The third-order valence-electron chi connectivity index (χ3n) is 2.03. The average Bonchev–Trinajstić information content (AvgIpc) is 2.51. The minimum Gasteiger partial charge on any atom is -0.491 e. The van der Waals surface area contributed by atoms with E-state index in [0.717, 1.165) is 0 Å². The van der Waals surface area contributed by atoms with Crippen molar-refractivity contribution in [2.24, 2.45) is 5.92 Å². The van der Waals surface area contributed by atoms with Crippen LogP contribution in [0.15, 0.2) is 10.6 Å². The van der Waals surface area contributed by atoms with Crippen molar-refractivity contribution in [3.8, 4) is 5.88 Å². The number of aromatic nitrogens is 1. The quantitative estimate of drug-likeness (QED) is 0.770. The summed E-state index contributed by atoms with van der Waals surface area (Å²) in [7, 11) is 0. The largest absolute Gasteiger partial charge is 0.491 e. The van der Waals surface area contributed by atoms with Crippen LogP contribution >= 0.6 is 0 Å². The van der Waals surface area contributed by atoms with Crippen molar-refractivity contribution in [1.29, 1.82) is 0 Å². The predicted octanol–water partition coefficient (Wildman–Crippen LogP) is 1.68. The number of hydrogen-bond donors (Lipinski definition) is 1. The molecule has 1 rings (SSSR count). The molecular formula is C10H15NO4. The maximum Gasteiger partial charge on any atom is 0.317 e. The maximum atomic E-state index is 11.6. The van der Waals surface area contributed by atoms with E-state index in [2.05, 4.69) is 5.16 Å². The zero-order valence-electron chi connectivity index (χ0n) is 9.06. The molecule has 1 N–H and O–H groups in total. The van der Waals surface area contributed by atoms with E-state index in [0.29, 0.717) is 12.4 Å². The van der Waals surface area contributed by atoms with Crippen molar-refractivity contribution >= 4 is 5.97 Å². The Kier molecular flexibility index (Phi) is 3.71. The number of nitrogens with zero attached hydrogens (tertiary/aromatic N) is 1. The molecule has 1 unspecified atom stereocenters. The van der Waals surface area contributed by atoms with E-state index >= 15 is 0 Å². The Hall–Kier alpha value is -1.52. The summed E-state index contributed by atoms with van der Waals surface area (Å²) < 4.78 is 9.78. The van der Waals surface area contributed by atoms with E-state index in [1.165, 1.54) is 6.07 Å². The van der Waals surface area contributed by atoms with Gasteiger partial charge in [0.15, 0.2) is 5.76 Å². The summed E-state index contributed by atoms with van der Waals surface area (Å²) >= 11 is 0. The Morgan fingerprint density at radius 1 is 1.67 bits per heavy atom. The summed E-state index contributed by atoms with van der Waals surface area (Å²) in [5.74, 6) is -0.737. The molecule has 15 heavy (non-hydrogen) atoms. The van der Waals surface area contributed by atoms with E-state index in [9.17, 15) is 4.79 Å². The first-order valence-corrected chi connectivity index (χ1v) is 4.88. The van der Waals surface area contributed by atoms with Crippen LogP contribution in [0.2, 0.25) is 0 Å². The van der Waals surface area contributed by atoms with Gasteiger partial charge in [0.1, 0.15) is 5.92 Å². The van der Waals surface area contributed by atoms with E-state index in [-0.39, 0.29) is 17.8 Å². The van der Waals surface area contributed by atoms with Gasteiger partial charge in [0.2, 0.25) is 0 Å². The van der Waals surface area contributed by atoms with Crippen LogP contribution in [0, 0.1) is 5.92 Å². The summed E-state index contributed by atoms with van der Waals surface area (Å²) in [4.78, 5) is 11.6. The Labute approximate surface area is 88.0 Å². The molecule has 0 fully saturated rings. The van der Waals surface area contributed by atoms with Gasteiger partial charge >= 0.3 is 5.97 Å². The van der Waals surface area contributed by atoms with Gasteiger partial charge in [0.05, 0.1) is 6.61 Å². The molecule has 1 aromatic rings. The molecule has 0 amide bonds. The van der Waals surface area contributed by atoms with Crippen LogP contribution in [-0.4, -0.2) is 22.8 Å². The first kappa shape index (κ1) is 11.6. The third kappa shape index (κ3) is 2.71.